The van der Waals surface area contributed by atoms with Gasteiger partial charge in [-0.3, -0.25) is 0 Å². The Bertz CT molecular complexity index is 784. The topological polar surface area (TPSA) is 38.9 Å². The average Bonchev–Trinajstić information content (AvgIpc) is 3.22. The Hall–Kier alpha value is -1.98. The van der Waals surface area contributed by atoms with Crippen LogP contribution >= 0.6 is 22.7 Å². The van der Waals surface area contributed by atoms with E-state index in [1.807, 2.05) is 35.8 Å². The van der Waals surface area contributed by atoms with Crippen LogP contribution in [0.3, 0.4) is 0 Å². The highest BCUT2D eigenvalue weighted by Crippen LogP contribution is 2.33. The first kappa shape index (κ1) is 11.8. The van der Waals surface area contributed by atoms with E-state index in [1.54, 1.807) is 28.9 Å². The summed E-state index contributed by atoms with van der Waals surface area (Å²) in [7, 11) is 0. The molecule has 0 amide bonds. The van der Waals surface area contributed by atoms with Crippen molar-refractivity contribution in [3.63, 3.8) is 0 Å². The van der Waals surface area contributed by atoms with Crippen LogP contribution in [0.15, 0.2) is 58.0 Å². The second kappa shape index (κ2) is 4.85. The number of aromatic nitrogens is 2. The number of fused-ring (bicyclic) bond motifs is 1. The molecule has 0 spiro atoms. The van der Waals surface area contributed by atoms with E-state index < -0.39 is 0 Å². The first-order chi connectivity index (χ1) is 9.92. The molecule has 4 aromatic rings. The Kier molecular flexibility index (Phi) is 2.86. The summed E-state index contributed by atoms with van der Waals surface area (Å²) < 4.78 is 6.71. The number of hydrogen-bond acceptors (Lipinski definition) is 5. The lowest BCUT2D eigenvalue weighted by Gasteiger charge is -2.11. The van der Waals surface area contributed by atoms with Crippen molar-refractivity contribution in [2.24, 2.45) is 0 Å². The lowest BCUT2D eigenvalue weighted by atomic mass is 10.0. The summed E-state index contributed by atoms with van der Waals surface area (Å²) in [6, 6.07) is 10.0. The fourth-order valence-electron chi connectivity index (χ4n) is 2.23. The summed E-state index contributed by atoms with van der Waals surface area (Å²) in [5.41, 5.74) is 0.994. The van der Waals surface area contributed by atoms with Gasteiger partial charge in [0.05, 0.1) is 16.5 Å². The maximum absolute atomic E-state index is 5.60. The third kappa shape index (κ3) is 1.95. The van der Waals surface area contributed by atoms with Crippen LogP contribution in [0.4, 0.5) is 0 Å². The molecule has 0 N–H and O–H groups in total. The minimum Gasteiger partial charge on any atom is -0.468 e. The molecule has 1 atom stereocenters. The van der Waals surface area contributed by atoms with Crippen LogP contribution in [-0.2, 0) is 0 Å². The van der Waals surface area contributed by atoms with Gasteiger partial charge in [-0.2, -0.15) is 0 Å². The van der Waals surface area contributed by atoms with Gasteiger partial charge in [0.1, 0.15) is 17.5 Å². The zero-order valence-electron chi connectivity index (χ0n) is 10.4. The van der Waals surface area contributed by atoms with E-state index in [0.717, 1.165) is 21.8 Å². The molecule has 98 valence electrons. The predicted molar refractivity (Wildman–Crippen MR) is 81.4 cm³/mol. The van der Waals surface area contributed by atoms with Crippen LogP contribution in [0.5, 0.6) is 0 Å². The van der Waals surface area contributed by atoms with E-state index in [4.69, 9.17) is 9.40 Å². The van der Waals surface area contributed by atoms with Crippen molar-refractivity contribution in [3.05, 3.63) is 70.0 Å². The molecule has 0 radical (unpaired) electrons. The zero-order valence-corrected chi connectivity index (χ0v) is 12.0. The Balaban J connectivity index is 1.89. The van der Waals surface area contributed by atoms with Gasteiger partial charge in [0.25, 0.3) is 0 Å². The van der Waals surface area contributed by atoms with E-state index in [0.29, 0.717) is 0 Å². The molecule has 0 aromatic carbocycles. The van der Waals surface area contributed by atoms with Gasteiger partial charge in [-0.1, -0.05) is 6.07 Å². The van der Waals surface area contributed by atoms with Crippen molar-refractivity contribution in [1.29, 1.82) is 0 Å². The maximum Gasteiger partial charge on any atom is 0.144 e. The molecule has 0 bridgehead atoms. The highest BCUT2D eigenvalue weighted by molar-refractivity contribution is 7.17. The maximum atomic E-state index is 5.60. The smallest absolute Gasteiger partial charge is 0.144 e. The molecule has 0 saturated heterocycles. The van der Waals surface area contributed by atoms with E-state index >= 15 is 0 Å². The molecule has 1 unspecified atom stereocenters. The quantitative estimate of drug-likeness (QED) is 0.558. The molecule has 0 saturated carbocycles. The largest absolute Gasteiger partial charge is 0.468 e. The third-order valence-corrected chi connectivity index (χ3v) is 4.91. The molecule has 4 rings (SSSR count). The summed E-state index contributed by atoms with van der Waals surface area (Å²) in [6.45, 7) is 0. The second-order valence-electron chi connectivity index (χ2n) is 4.36. The van der Waals surface area contributed by atoms with Gasteiger partial charge in [-0.05, 0) is 35.0 Å². The average molecular weight is 298 g/mol. The molecule has 20 heavy (non-hydrogen) atoms. The van der Waals surface area contributed by atoms with E-state index in [2.05, 4.69) is 16.4 Å². The summed E-state index contributed by atoms with van der Waals surface area (Å²) in [6.07, 6.45) is 3.59. The SMILES string of the molecule is c1coc(C(c2ncc3sccc3n2)c2cccs2)c1. The number of hydrogen-bond donors (Lipinski definition) is 0. The monoisotopic (exact) mass is 298 g/mol. The van der Waals surface area contributed by atoms with Crippen LogP contribution in [-0.4, -0.2) is 9.97 Å². The fourth-order valence-corrected chi connectivity index (χ4v) is 3.75. The highest BCUT2D eigenvalue weighted by Gasteiger charge is 2.23. The Morgan fingerprint density at radius 3 is 2.85 bits per heavy atom. The lowest BCUT2D eigenvalue weighted by molar-refractivity contribution is 0.499. The Morgan fingerprint density at radius 2 is 2.05 bits per heavy atom. The van der Waals surface area contributed by atoms with Crippen molar-refractivity contribution in [1.82, 2.24) is 9.97 Å². The number of furan rings is 1. The van der Waals surface area contributed by atoms with Gasteiger partial charge in [-0.15, -0.1) is 22.7 Å². The minimum absolute atomic E-state index is 0.0331. The molecule has 4 heterocycles. The van der Waals surface area contributed by atoms with Crippen molar-refractivity contribution in [2.45, 2.75) is 5.92 Å². The van der Waals surface area contributed by atoms with Crippen LogP contribution in [0.25, 0.3) is 10.2 Å². The number of nitrogens with zero attached hydrogens (tertiary/aromatic N) is 2. The molecule has 3 nitrogen and oxygen atoms in total. The normalized spacial score (nSPS) is 12.8. The predicted octanol–water partition coefficient (Wildman–Crippen LogP) is 4.53. The first-order valence-electron chi connectivity index (χ1n) is 6.19. The van der Waals surface area contributed by atoms with Gasteiger partial charge in [0.15, 0.2) is 0 Å². The summed E-state index contributed by atoms with van der Waals surface area (Å²) in [5, 5.41) is 4.10. The number of rotatable bonds is 3. The van der Waals surface area contributed by atoms with Crippen LogP contribution in [0.1, 0.15) is 22.4 Å². The standard InChI is InChI=1S/C15H10N2OS2/c1-3-11(18-6-1)14(12-4-2-7-19-12)15-16-9-13-10(17-15)5-8-20-13/h1-9,14H. The van der Waals surface area contributed by atoms with Gasteiger partial charge in [-0.25, -0.2) is 9.97 Å². The van der Waals surface area contributed by atoms with E-state index in [9.17, 15) is 0 Å². The Labute approximate surface area is 123 Å². The van der Waals surface area contributed by atoms with Crippen molar-refractivity contribution < 1.29 is 4.42 Å². The minimum atomic E-state index is -0.0331. The molecular formula is C15H10N2OS2. The molecule has 0 aliphatic rings. The first-order valence-corrected chi connectivity index (χ1v) is 7.95. The molecule has 0 aliphatic carbocycles. The molecule has 0 aliphatic heterocycles. The second-order valence-corrected chi connectivity index (χ2v) is 6.29. The van der Waals surface area contributed by atoms with Gasteiger partial charge in [0, 0.05) is 11.1 Å². The van der Waals surface area contributed by atoms with Crippen LogP contribution in [0.2, 0.25) is 0 Å². The van der Waals surface area contributed by atoms with Crippen molar-refractivity contribution in [3.8, 4) is 0 Å². The van der Waals surface area contributed by atoms with Gasteiger partial charge < -0.3 is 4.42 Å². The number of thiophene rings is 2. The fraction of sp³-hybridized carbons (Fsp3) is 0.0667. The van der Waals surface area contributed by atoms with Crippen LogP contribution in [0, 0.1) is 0 Å². The summed E-state index contributed by atoms with van der Waals surface area (Å²) >= 11 is 3.35. The lowest BCUT2D eigenvalue weighted by Crippen LogP contribution is -2.05. The molecule has 4 aromatic heterocycles. The van der Waals surface area contributed by atoms with Gasteiger partial charge >= 0.3 is 0 Å². The van der Waals surface area contributed by atoms with E-state index in [-0.39, 0.29) is 5.92 Å². The van der Waals surface area contributed by atoms with E-state index in [1.165, 1.54) is 4.88 Å². The summed E-state index contributed by atoms with van der Waals surface area (Å²) in [4.78, 5) is 10.4. The van der Waals surface area contributed by atoms with Gasteiger partial charge in [0.2, 0.25) is 0 Å². The summed E-state index contributed by atoms with van der Waals surface area (Å²) in [5.74, 6) is 1.63. The highest BCUT2D eigenvalue weighted by atomic mass is 32.1. The molecular weight excluding hydrogens is 288 g/mol. The van der Waals surface area contributed by atoms with Crippen LogP contribution < -0.4 is 0 Å². The third-order valence-electron chi connectivity index (χ3n) is 3.14. The van der Waals surface area contributed by atoms with Crippen molar-refractivity contribution in [2.75, 3.05) is 0 Å². The molecule has 5 heteroatoms. The zero-order chi connectivity index (χ0) is 13.4. The Morgan fingerprint density at radius 1 is 1.05 bits per heavy atom. The van der Waals surface area contributed by atoms with Crippen molar-refractivity contribution >= 4 is 32.9 Å². The molecule has 0 fully saturated rings.